The Kier molecular flexibility index (Phi) is 16.0. The highest BCUT2D eigenvalue weighted by Gasteiger charge is 2.34. The second kappa shape index (κ2) is 20.9. The molecule has 7 rings (SSSR count). The predicted molar refractivity (Wildman–Crippen MR) is 338 cm³/mol. The molecule has 0 aliphatic carbocycles. The lowest BCUT2D eigenvalue weighted by atomic mass is 9.80. The fraction of sp³-hybridized carbons (Fsp3) is 0.457. The summed E-state index contributed by atoms with van der Waals surface area (Å²) < 4.78 is 0. The van der Waals surface area contributed by atoms with Crippen LogP contribution in [0.5, 0.6) is 0 Å². The van der Waals surface area contributed by atoms with Crippen LogP contribution in [0.1, 0.15) is 177 Å². The molecule has 0 aliphatic heterocycles. The highest BCUT2D eigenvalue weighted by molar-refractivity contribution is 6.91. The van der Waals surface area contributed by atoms with Gasteiger partial charge in [0.15, 0.2) is 0 Å². The van der Waals surface area contributed by atoms with E-state index in [1.807, 2.05) is 0 Å². The van der Waals surface area contributed by atoms with Crippen LogP contribution in [0.15, 0.2) is 115 Å². The smallest absolute Gasteiger partial charge is 0.0860 e. The first-order valence-corrected chi connectivity index (χ1v) is 33.4. The average molecular weight is 1020 g/mol. The molecule has 0 heterocycles. The normalized spacial score (nSPS) is 13.1. The van der Waals surface area contributed by atoms with Gasteiger partial charge in [0.1, 0.15) is 0 Å². The van der Waals surface area contributed by atoms with E-state index in [-0.39, 0.29) is 27.1 Å². The van der Waals surface area contributed by atoms with E-state index in [1.54, 1.807) is 10.4 Å². The van der Waals surface area contributed by atoms with E-state index in [0.29, 0.717) is 0 Å². The first-order chi connectivity index (χ1) is 34.4. The molecule has 7 aromatic rings. The van der Waals surface area contributed by atoms with Crippen LogP contribution < -0.4 is 20.2 Å². The van der Waals surface area contributed by atoms with Gasteiger partial charge < -0.3 is 9.80 Å². The van der Waals surface area contributed by atoms with Gasteiger partial charge in [-0.15, -0.1) is 0 Å². The first-order valence-electron chi connectivity index (χ1n) is 28.5. The molecular formula is C70H96N2Si2. The lowest BCUT2D eigenvalue weighted by molar-refractivity contribution is 0.568. The Labute approximate surface area is 454 Å². The Hall–Kier alpha value is -4.91. The standard InChI is InChI=1S/C70H96N2Si2/c1-23-73(24-2)58-36-47(6)34-54(45-58)71(56-40-50(67(11,12)13)38-51(41-56)68(14,15)16)64-60-30-28-29-31-61(60)65(63-44-49(66(8,9)10)32-33-62(63)64)72(55-35-48(7)37-59(46-55)74(25-3,26-4)27-5)57-42-52(69(17,18)19)39-53(43-57)70(20,21)22/h28-46,73H,23-27H2,1-22H3. The molecule has 0 aromatic heterocycles. The summed E-state index contributed by atoms with van der Waals surface area (Å²) in [5, 5.41) is 8.16. The van der Waals surface area contributed by atoms with Gasteiger partial charge in [-0.25, -0.2) is 0 Å². The van der Waals surface area contributed by atoms with Crippen LogP contribution >= 0.6 is 0 Å². The van der Waals surface area contributed by atoms with E-state index in [0.717, 1.165) is 0 Å². The second-order valence-electron chi connectivity index (χ2n) is 27.5. The number of aryl methyl sites for hydroxylation is 2. The minimum absolute atomic E-state index is 0.0636. The Morgan fingerprint density at radius 2 is 0.730 bits per heavy atom. The molecule has 0 saturated heterocycles. The molecule has 0 fully saturated rings. The fourth-order valence-electron chi connectivity index (χ4n) is 11.6. The van der Waals surface area contributed by atoms with Crippen molar-refractivity contribution in [1.29, 1.82) is 0 Å². The highest BCUT2D eigenvalue weighted by atomic mass is 28.3. The van der Waals surface area contributed by atoms with Crippen molar-refractivity contribution >= 4 is 82.9 Å². The lowest BCUT2D eigenvalue weighted by Gasteiger charge is -2.37. The molecule has 7 aromatic carbocycles. The summed E-state index contributed by atoms with van der Waals surface area (Å²) >= 11 is 0. The van der Waals surface area contributed by atoms with E-state index >= 15 is 0 Å². The van der Waals surface area contributed by atoms with Crippen molar-refractivity contribution in [2.24, 2.45) is 0 Å². The molecule has 4 heteroatoms. The van der Waals surface area contributed by atoms with E-state index in [1.165, 1.54) is 125 Å². The van der Waals surface area contributed by atoms with Gasteiger partial charge in [0.25, 0.3) is 0 Å². The first kappa shape index (κ1) is 56.8. The van der Waals surface area contributed by atoms with Crippen molar-refractivity contribution in [3.8, 4) is 0 Å². The molecule has 0 amide bonds. The molecule has 0 atom stereocenters. The Balaban J connectivity index is 1.78. The van der Waals surface area contributed by atoms with Crippen molar-refractivity contribution in [2.75, 3.05) is 9.80 Å². The minimum Gasteiger partial charge on any atom is -0.309 e. The fourth-order valence-corrected chi connectivity index (χ4v) is 17.7. The van der Waals surface area contributed by atoms with Gasteiger partial charge in [-0.3, -0.25) is 0 Å². The third kappa shape index (κ3) is 11.4. The molecular weight excluding hydrogens is 925 g/mol. The van der Waals surface area contributed by atoms with Gasteiger partial charge in [0.05, 0.1) is 28.2 Å². The Bertz CT molecular complexity index is 3070. The predicted octanol–water partition coefficient (Wildman–Crippen LogP) is 20.2. The molecule has 0 saturated carbocycles. The summed E-state index contributed by atoms with van der Waals surface area (Å²) in [6.45, 7) is 52.5. The van der Waals surface area contributed by atoms with Gasteiger partial charge in [0, 0.05) is 44.3 Å². The molecule has 0 bridgehead atoms. The van der Waals surface area contributed by atoms with Gasteiger partial charge in [-0.05, 0) is 134 Å². The summed E-state index contributed by atoms with van der Waals surface area (Å²) in [7, 11) is -3.04. The molecule has 0 spiro atoms. The van der Waals surface area contributed by atoms with Crippen LogP contribution in [0, 0.1) is 13.8 Å². The summed E-state index contributed by atoms with van der Waals surface area (Å²) in [5.41, 5.74) is 16.5. The number of fused-ring (bicyclic) bond motifs is 2. The SMILES string of the molecule is CC[SiH](CC)c1cc(C)cc(N(c2cc(C(C)(C)C)cc(C(C)(C)C)c2)c2c3ccccc3c(N(c3cc(C(C)(C)C)cc(C(C)(C)C)c3)c3cc(C)cc([Si](CC)(CC)CC)c3)c3cc(C(C)(C)C)ccc23)c1. The van der Waals surface area contributed by atoms with Crippen molar-refractivity contribution in [2.45, 2.75) is 210 Å². The minimum atomic E-state index is -1.82. The van der Waals surface area contributed by atoms with Crippen LogP contribution in [0.3, 0.4) is 0 Å². The van der Waals surface area contributed by atoms with Crippen molar-refractivity contribution in [3.05, 3.63) is 154 Å². The zero-order chi connectivity index (χ0) is 54.7. The van der Waals surface area contributed by atoms with Gasteiger partial charge in [-0.1, -0.05) is 240 Å². The van der Waals surface area contributed by atoms with Crippen LogP contribution in [0.25, 0.3) is 21.5 Å². The maximum absolute atomic E-state index is 2.72. The number of nitrogens with zero attached hydrogens (tertiary/aromatic N) is 2. The lowest BCUT2D eigenvalue weighted by Crippen LogP contribution is -2.46. The monoisotopic (exact) mass is 1020 g/mol. The topological polar surface area (TPSA) is 6.48 Å². The Morgan fingerprint density at radius 1 is 0.365 bits per heavy atom. The maximum atomic E-state index is 2.72. The summed E-state index contributed by atoms with van der Waals surface area (Å²) in [6, 6.07) is 53.4. The van der Waals surface area contributed by atoms with Crippen LogP contribution in [0.4, 0.5) is 34.1 Å². The van der Waals surface area contributed by atoms with Crippen LogP contribution in [-0.2, 0) is 27.1 Å². The number of hydrogen-bond donors (Lipinski definition) is 0. The Morgan fingerprint density at radius 3 is 1.12 bits per heavy atom. The van der Waals surface area contributed by atoms with Gasteiger partial charge >= 0.3 is 0 Å². The average Bonchev–Trinajstić information content (AvgIpc) is 3.31. The van der Waals surface area contributed by atoms with Crippen molar-refractivity contribution in [1.82, 2.24) is 0 Å². The van der Waals surface area contributed by atoms with Crippen LogP contribution in [0.2, 0.25) is 30.2 Å². The summed E-state index contributed by atoms with van der Waals surface area (Å²) in [5.74, 6) is 0. The molecule has 0 radical (unpaired) electrons. The third-order valence-electron chi connectivity index (χ3n) is 16.9. The molecule has 0 N–H and O–H groups in total. The largest absolute Gasteiger partial charge is 0.309 e. The third-order valence-corrected chi connectivity index (χ3v) is 25.7. The van der Waals surface area contributed by atoms with Crippen molar-refractivity contribution < 1.29 is 0 Å². The van der Waals surface area contributed by atoms with Crippen LogP contribution in [-0.4, -0.2) is 16.9 Å². The molecule has 74 heavy (non-hydrogen) atoms. The number of benzene rings is 7. The van der Waals surface area contributed by atoms with E-state index in [4.69, 9.17) is 0 Å². The number of rotatable bonds is 13. The van der Waals surface area contributed by atoms with E-state index in [9.17, 15) is 0 Å². The van der Waals surface area contributed by atoms with Crippen molar-refractivity contribution in [3.63, 3.8) is 0 Å². The molecule has 394 valence electrons. The number of hydrogen-bond acceptors (Lipinski definition) is 2. The van der Waals surface area contributed by atoms with Gasteiger partial charge in [0.2, 0.25) is 0 Å². The van der Waals surface area contributed by atoms with Gasteiger partial charge in [-0.2, -0.15) is 0 Å². The quantitative estimate of drug-likeness (QED) is 0.0645. The zero-order valence-corrected chi connectivity index (χ0v) is 52.6. The molecule has 0 unspecified atom stereocenters. The molecule has 2 nitrogen and oxygen atoms in total. The zero-order valence-electron chi connectivity index (χ0n) is 50.5. The summed E-state index contributed by atoms with van der Waals surface area (Å²) in [4.78, 5) is 5.41. The molecule has 0 aliphatic rings. The number of anilines is 6. The van der Waals surface area contributed by atoms with E-state index < -0.39 is 16.9 Å². The highest BCUT2D eigenvalue weighted by Crippen LogP contribution is 2.53. The second-order valence-corrected chi connectivity index (χ2v) is 36.4. The van der Waals surface area contributed by atoms with E-state index in [2.05, 4.69) is 277 Å². The maximum Gasteiger partial charge on any atom is 0.0860 e. The summed E-state index contributed by atoms with van der Waals surface area (Å²) in [6.07, 6.45) is 0.